The van der Waals surface area contributed by atoms with Gasteiger partial charge in [0.2, 0.25) is 0 Å². The maximum atomic E-state index is 11.6. The number of hydrogen-bond acceptors (Lipinski definition) is 3. The van der Waals surface area contributed by atoms with Gasteiger partial charge in [0, 0.05) is 12.6 Å². The van der Waals surface area contributed by atoms with Crippen LogP contribution in [-0.4, -0.2) is 27.7 Å². The predicted molar refractivity (Wildman–Crippen MR) is 64.3 cm³/mol. The van der Waals surface area contributed by atoms with Crippen molar-refractivity contribution in [3.63, 3.8) is 0 Å². The molecular formula is C10H14ClN3O3. The smallest absolute Gasteiger partial charge is 0.321 e. The molecule has 17 heavy (non-hydrogen) atoms. The molecule has 1 atom stereocenters. The summed E-state index contributed by atoms with van der Waals surface area (Å²) in [4.78, 5) is 23.8. The number of hydrogen-bond donors (Lipinski definition) is 2. The molecule has 0 radical (unpaired) electrons. The van der Waals surface area contributed by atoms with Gasteiger partial charge in [-0.1, -0.05) is 13.8 Å². The van der Waals surface area contributed by atoms with Crippen molar-refractivity contribution >= 4 is 23.3 Å². The van der Waals surface area contributed by atoms with E-state index in [9.17, 15) is 14.9 Å². The highest BCUT2D eigenvalue weighted by Gasteiger charge is 2.17. The summed E-state index contributed by atoms with van der Waals surface area (Å²) >= 11 is 5.97. The molecule has 0 saturated heterocycles. The van der Waals surface area contributed by atoms with Crippen LogP contribution in [0.2, 0.25) is 0 Å². The summed E-state index contributed by atoms with van der Waals surface area (Å²) in [6.45, 7) is 4.22. The Balaban J connectivity index is 2.55. The van der Waals surface area contributed by atoms with Crippen LogP contribution in [0.25, 0.3) is 0 Å². The summed E-state index contributed by atoms with van der Waals surface area (Å²) in [6, 6.07) is 2.61. The molecule has 1 amide bonds. The summed E-state index contributed by atoms with van der Waals surface area (Å²) in [7, 11) is 0. The molecule has 1 heterocycles. The molecule has 0 fully saturated rings. The second-order valence-electron chi connectivity index (χ2n) is 3.98. The second-order valence-corrected chi connectivity index (χ2v) is 4.54. The Bertz CT molecular complexity index is 417. The van der Waals surface area contributed by atoms with E-state index in [4.69, 9.17) is 11.6 Å². The maximum absolute atomic E-state index is 11.6. The first-order chi connectivity index (χ1) is 7.91. The number of halogens is 1. The van der Waals surface area contributed by atoms with Crippen molar-refractivity contribution in [1.29, 1.82) is 0 Å². The first-order valence-electron chi connectivity index (χ1n) is 5.17. The molecule has 94 valence electrons. The zero-order valence-corrected chi connectivity index (χ0v) is 10.3. The molecule has 1 unspecified atom stereocenters. The van der Waals surface area contributed by atoms with Crippen LogP contribution in [0, 0.1) is 16.0 Å². The van der Waals surface area contributed by atoms with Crippen molar-refractivity contribution in [2.45, 2.75) is 19.2 Å². The van der Waals surface area contributed by atoms with E-state index in [1.54, 1.807) is 0 Å². The van der Waals surface area contributed by atoms with Gasteiger partial charge in [0.25, 0.3) is 5.91 Å². The monoisotopic (exact) mass is 259 g/mol. The predicted octanol–water partition coefficient (Wildman–Crippen LogP) is 1.92. The van der Waals surface area contributed by atoms with E-state index >= 15 is 0 Å². The van der Waals surface area contributed by atoms with Crippen molar-refractivity contribution in [2.75, 3.05) is 6.54 Å². The maximum Gasteiger partial charge on any atom is 0.321 e. The lowest BCUT2D eigenvalue weighted by atomic mass is 10.1. The van der Waals surface area contributed by atoms with E-state index in [1.165, 1.54) is 12.1 Å². The Morgan fingerprint density at radius 2 is 2.24 bits per heavy atom. The largest absolute Gasteiger partial charge is 0.358 e. The number of nitro groups is 1. The lowest BCUT2D eigenvalue weighted by molar-refractivity contribution is -0.389. The molecule has 2 N–H and O–H groups in total. The van der Waals surface area contributed by atoms with Gasteiger partial charge in [-0.2, -0.15) is 0 Å². The molecule has 0 spiro atoms. The minimum absolute atomic E-state index is 0.157. The number of H-pyrrole nitrogens is 1. The Morgan fingerprint density at radius 3 is 2.71 bits per heavy atom. The number of aromatic nitrogens is 1. The van der Waals surface area contributed by atoms with Gasteiger partial charge in [-0.3, -0.25) is 4.79 Å². The zero-order valence-electron chi connectivity index (χ0n) is 9.57. The van der Waals surface area contributed by atoms with E-state index in [-0.39, 0.29) is 22.8 Å². The highest BCUT2D eigenvalue weighted by atomic mass is 35.5. The Morgan fingerprint density at radius 1 is 1.59 bits per heavy atom. The van der Waals surface area contributed by atoms with Crippen molar-refractivity contribution in [3.05, 3.63) is 27.9 Å². The molecule has 1 rings (SSSR count). The van der Waals surface area contributed by atoms with Crippen LogP contribution < -0.4 is 5.32 Å². The molecular weight excluding hydrogens is 246 g/mol. The lowest BCUT2D eigenvalue weighted by Crippen LogP contribution is -2.32. The summed E-state index contributed by atoms with van der Waals surface area (Å²) in [6.07, 6.45) is 0. The van der Waals surface area contributed by atoms with E-state index < -0.39 is 10.8 Å². The standard InChI is InChI=1S/C10H14ClN3O3/c1-6(2)7(11)5-12-10(15)8-3-4-9(13-8)14(16)17/h3-4,6-7,13H,5H2,1-2H3,(H,12,15). The first-order valence-corrected chi connectivity index (χ1v) is 5.61. The van der Waals surface area contributed by atoms with Crippen LogP contribution in [0.1, 0.15) is 24.3 Å². The second kappa shape index (κ2) is 5.67. The first kappa shape index (κ1) is 13.5. The Kier molecular flexibility index (Phi) is 4.51. The molecule has 0 aliphatic heterocycles. The third-order valence-corrected chi connectivity index (χ3v) is 2.95. The average molecular weight is 260 g/mol. The summed E-state index contributed by atoms with van der Waals surface area (Å²) in [5.74, 6) is -0.360. The fraction of sp³-hybridized carbons (Fsp3) is 0.500. The van der Waals surface area contributed by atoms with E-state index in [2.05, 4.69) is 10.3 Å². The molecule has 1 aromatic rings. The van der Waals surface area contributed by atoms with Crippen molar-refractivity contribution in [3.8, 4) is 0 Å². The summed E-state index contributed by atoms with van der Waals surface area (Å²) in [5.41, 5.74) is 0.157. The quantitative estimate of drug-likeness (QED) is 0.481. The van der Waals surface area contributed by atoms with Gasteiger partial charge in [-0.25, -0.2) is 4.98 Å². The number of amides is 1. The number of nitrogens with one attached hydrogen (secondary N) is 2. The summed E-state index contributed by atoms with van der Waals surface area (Å²) in [5, 5.41) is 12.9. The van der Waals surface area contributed by atoms with Gasteiger partial charge in [-0.05, 0) is 16.9 Å². The Hall–Kier alpha value is -1.56. The molecule has 0 saturated carbocycles. The molecule has 6 nitrogen and oxygen atoms in total. The van der Waals surface area contributed by atoms with Gasteiger partial charge in [0.1, 0.15) is 0 Å². The summed E-state index contributed by atoms with van der Waals surface area (Å²) < 4.78 is 0. The van der Waals surface area contributed by atoms with E-state index in [1.807, 2.05) is 13.8 Å². The fourth-order valence-electron chi connectivity index (χ4n) is 1.14. The number of carbonyl (C=O) groups is 1. The average Bonchev–Trinajstić information content (AvgIpc) is 2.74. The SMILES string of the molecule is CC(C)C(Cl)CNC(=O)c1ccc([N+](=O)[O-])[nH]1. The molecule has 7 heteroatoms. The third-order valence-electron chi connectivity index (χ3n) is 2.29. The lowest BCUT2D eigenvalue weighted by Gasteiger charge is -2.12. The Labute approximate surface area is 103 Å². The van der Waals surface area contributed by atoms with Crippen molar-refractivity contribution < 1.29 is 9.72 Å². The number of aromatic amines is 1. The highest BCUT2D eigenvalue weighted by Crippen LogP contribution is 2.11. The molecule has 0 bridgehead atoms. The van der Waals surface area contributed by atoms with Crippen LogP contribution in [0.4, 0.5) is 5.82 Å². The minimum Gasteiger partial charge on any atom is -0.358 e. The molecule has 0 aromatic carbocycles. The van der Waals surface area contributed by atoms with Crippen LogP contribution in [0.15, 0.2) is 12.1 Å². The van der Waals surface area contributed by atoms with Crippen LogP contribution in [-0.2, 0) is 0 Å². The van der Waals surface area contributed by atoms with E-state index in [0.29, 0.717) is 6.54 Å². The van der Waals surface area contributed by atoms with Gasteiger partial charge in [0.05, 0.1) is 5.38 Å². The molecule has 1 aromatic heterocycles. The van der Waals surface area contributed by atoms with Crippen LogP contribution in [0.5, 0.6) is 0 Å². The third kappa shape index (κ3) is 3.74. The minimum atomic E-state index is -0.588. The van der Waals surface area contributed by atoms with Crippen molar-refractivity contribution in [1.82, 2.24) is 10.3 Å². The van der Waals surface area contributed by atoms with Crippen molar-refractivity contribution in [2.24, 2.45) is 5.92 Å². The van der Waals surface area contributed by atoms with Gasteiger partial charge < -0.3 is 15.4 Å². The topological polar surface area (TPSA) is 88.0 Å². The number of nitrogens with zero attached hydrogens (tertiary/aromatic N) is 1. The number of alkyl halides is 1. The van der Waals surface area contributed by atoms with Gasteiger partial charge in [0.15, 0.2) is 5.69 Å². The van der Waals surface area contributed by atoms with Gasteiger partial charge in [-0.15, -0.1) is 11.6 Å². The van der Waals surface area contributed by atoms with Gasteiger partial charge >= 0.3 is 5.82 Å². The van der Waals surface area contributed by atoms with E-state index in [0.717, 1.165) is 0 Å². The molecule has 0 aliphatic rings. The zero-order chi connectivity index (χ0) is 13.0. The fourth-order valence-corrected chi connectivity index (χ4v) is 1.22. The normalized spacial score (nSPS) is 12.5. The highest BCUT2D eigenvalue weighted by molar-refractivity contribution is 6.21. The van der Waals surface area contributed by atoms with Crippen LogP contribution in [0.3, 0.4) is 0 Å². The number of rotatable bonds is 5. The molecule has 0 aliphatic carbocycles. The number of carbonyl (C=O) groups excluding carboxylic acids is 1. The van der Waals surface area contributed by atoms with Crippen LogP contribution >= 0.6 is 11.6 Å².